The van der Waals surface area contributed by atoms with E-state index in [1.807, 2.05) is 29.8 Å². The van der Waals surface area contributed by atoms with Gasteiger partial charge in [0.1, 0.15) is 17.5 Å². The third kappa shape index (κ3) is 7.07. The molecule has 234 valence electrons. The number of pyridine rings is 1. The highest BCUT2D eigenvalue weighted by Gasteiger charge is 2.40. The molecule has 1 atom stereocenters. The van der Waals surface area contributed by atoms with Crippen molar-refractivity contribution in [2.75, 3.05) is 19.6 Å². The number of imidazole rings is 1. The molecule has 4 aromatic rings. The zero-order chi connectivity index (χ0) is 32.1. The third-order valence-electron chi connectivity index (χ3n) is 7.40. The van der Waals surface area contributed by atoms with Crippen LogP contribution in [0.3, 0.4) is 0 Å². The first-order chi connectivity index (χ1) is 21.6. The molecule has 0 spiro atoms. The second kappa shape index (κ2) is 13.9. The van der Waals surface area contributed by atoms with Gasteiger partial charge in [-0.05, 0) is 74.7 Å². The Labute approximate surface area is 270 Å². The van der Waals surface area contributed by atoms with E-state index in [2.05, 4.69) is 15.6 Å². The minimum absolute atomic E-state index is 0.0713. The maximum Gasteiger partial charge on any atom is 0.251 e. The predicted molar refractivity (Wildman–Crippen MR) is 169 cm³/mol. The van der Waals surface area contributed by atoms with Crippen LogP contribution in [-0.4, -0.2) is 59.6 Å². The van der Waals surface area contributed by atoms with Crippen molar-refractivity contribution in [2.24, 2.45) is 0 Å². The summed E-state index contributed by atoms with van der Waals surface area (Å²) in [6, 6.07) is 13.7. The Morgan fingerprint density at radius 3 is 2.62 bits per heavy atom. The Kier molecular flexibility index (Phi) is 9.94. The smallest absolute Gasteiger partial charge is 0.251 e. The number of nitrogens with one attached hydrogen (secondary N) is 2. The number of nitrogens with zero attached hydrogens (tertiary/aromatic N) is 4. The standard InChI is InChI=1S/C31H30Cl2N6O5S/c1-20-18-38-15-3-6-26(29(38)37-20)44-19-23-24(32)11-12-27(28(23)33)45(42,43)39-16-2-5-25(39)31(41)36-14-4-13-35-30(40)22-9-7-21(17-34)8-10-22/h3,6-12,15,18,25H,2,4-5,13-14,16,19H2,1H3,(H,35,40)(H,36,41)/t25-/m0/s1. The number of halogens is 2. The molecule has 45 heavy (non-hydrogen) atoms. The lowest BCUT2D eigenvalue weighted by Crippen LogP contribution is -2.46. The normalized spacial score (nSPS) is 15.1. The zero-order valence-corrected chi connectivity index (χ0v) is 26.6. The number of aryl methyl sites for hydroxylation is 1. The van der Waals surface area contributed by atoms with Crippen LogP contribution in [0, 0.1) is 18.3 Å². The van der Waals surface area contributed by atoms with E-state index in [-0.39, 0.29) is 40.5 Å². The summed E-state index contributed by atoms with van der Waals surface area (Å²) in [7, 11) is -4.17. The van der Waals surface area contributed by atoms with Crippen molar-refractivity contribution in [2.45, 2.75) is 43.7 Å². The van der Waals surface area contributed by atoms with Gasteiger partial charge in [0, 0.05) is 48.2 Å². The van der Waals surface area contributed by atoms with Gasteiger partial charge in [-0.15, -0.1) is 0 Å². The SMILES string of the molecule is Cc1cn2cccc(OCc3c(Cl)ccc(S(=O)(=O)N4CCC[C@H]4C(=O)NCCCNC(=O)c4ccc(C#N)cc4)c3Cl)c2n1. The Bertz CT molecular complexity index is 1890. The summed E-state index contributed by atoms with van der Waals surface area (Å²) in [5, 5.41) is 14.6. The molecule has 2 aromatic carbocycles. The number of fused-ring (bicyclic) bond motifs is 1. The van der Waals surface area contributed by atoms with Crippen LogP contribution in [0.4, 0.5) is 0 Å². The summed E-state index contributed by atoms with van der Waals surface area (Å²) in [6.45, 7) is 2.46. The van der Waals surface area contributed by atoms with Gasteiger partial charge in [-0.25, -0.2) is 13.4 Å². The van der Waals surface area contributed by atoms with Crippen LogP contribution in [-0.2, 0) is 21.4 Å². The minimum Gasteiger partial charge on any atom is -0.485 e. The van der Waals surface area contributed by atoms with E-state index >= 15 is 0 Å². The van der Waals surface area contributed by atoms with E-state index in [4.69, 9.17) is 33.2 Å². The average molecular weight is 670 g/mol. The van der Waals surface area contributed by atoms with Crippen molar-refractivity contribution in [3.63, 3.8) is 0 Å². The molecule has 5 rings (SSSR count). The van der Waals surface area contributed by atoms with Crippen molar-refractivity contribution in [3.8, 4) is 11.8 Å². The molecule has 2 aromatic heterocycles. The van der Waals surface area contributed by atoms with E-state index in [0.717, 1.165) is 5.69 Å². The van der Waals surface area contributed by atoms with Gasteiger partial charge < -0.3 is 19.8 Å². The van der Waals surface area contributed by atoms with Gasteiger partial charge in [0.05, 0.1) is 22.3 Å². The second-order valence-corrected chi connectivity index (χ2v) is 13.1. The Balaban J connectivity index is 1.20. The highest BCUT2D eigenvalue weighted by atomic mass is 35.5. The number of carbonyl (C=O) groups excluding carboxylic acids is 2. The summed E-state index contributed by atoms with van der Waals surface area (Å²) in [5.74, 6) is -0.237. The number of rotatable bonds is 11. The molecule has 2 N–H and O–H groups in total. The van der Waals surface area contributed by atoms with E-state index in [0.29, 0.717) is 53.9 Å². The number of hydrogen-bond acceptors (Lipinski definition) is 7. The van der Waals surface area contributed by atoms with Crippen LogP contribution in [0.25, 0.3) is 5.65 Å². The molecule has 1 aliphatic rings. The summed E-state index contributed by atoms with van der Waals surface area (Å²) < 4.78 is 36.6. The number of amides is 2. The van der Waals surface area contributed by atoms with Crippen LogP contribution in [0.5, 0.6) is 5.75 Å². The number of nitriles is 1. The van der Waals surface area contributed by atoms with Gasteiger partial charge in [0.25, 0.3) is 5.91 Å². The van der Waals surface area contributed by atoms with Gasteiger partial charge >= 0.3 is 0 Å². The van der Waals surface area contributed by atoms with Gasteiger partial charge in [0.2, 0.25) is 15.9 Å². The summed E-state index contributed by atoms with van der Waals surface area (Å²) in [5.41, 5.74) is 2.59. The molecule has 2 amide bonds. The number of hydrogen-bond donors (Lipinski definition) is 2. The molecule has 11 nitrogen and oxygen atoms in total. The molecule has 3 heterocycles. The number of sulfonamides is 1. The molecular weight excluding hydrogens is 639 g/mol. The lowest BCUT2D eigenvalue weighted by atomic mass is 10.1. The molecule has 14 heteroatoms. The van der Waals surface area contributed by atoms with Crippen LogP contribution >= 0.6 is 23.2 Å². The van der Waals surface area contributed by atoms with E-state index in [1.54, 1.807) is 36.4 Å². The second-order valence-electron chi connectivity index (χ2n) is 10.5. The van der Waals surface area contributed by atoms with Gasteiger partial charge in [-0.1, -0.05) is 23.2 Å². The maximum absolute atomic E-state index is 13.8. The molecule has 0 saturated carbocycles. The predicted octanol–water partition coefficient (Wildman–Crippen LogP) is 4.49. The first-order valence-corrected chi connectivity index (χ1v) is 16.4. The van der Waals surface area contributed by atoms with Crippen molar-refractivity contribution in [1.29, 1.82) is 5.26 Å². The van der Waals surface area contributed by atoms with Crippen molar-refractivity contribution < 1.29 is 22.7 Å². The highest BCUT2D eigenvalue weighted by Crippen LogP contribution is 2.36. The number of benzene rings is 2. The van der Waals surface area contributed by atoms with Crippen LogP contribution in [0.1, 0.15) is 46.4 Å². The molecule has 0 unspecified atom stereocenters. The minimum atomic E-state index is -4.17. The first kappa shape index (κ1) is 32.2. The van der Waals surface area contributed by atoms with Crippen LogP contribution in [0.15, 0.2) is 65.8 Å². The van der Waals surface area contributed by atoms with Gasteiger partial charge in [-0.2, -0.15) is 9.57 Å². The summed E-state index contributed by atoms with van der Waals surface area (Å²) in [6.07, 6.45) is 5.00. The van der Waals surface area contributed by atoms with Crippen molar-refractivity contribution in [1.82, 2.24) is 24.3 Å². The Morgan fingerprint density at radius 2 is 1.87 bits per heavy atom. The lowest BCUT2D eigenvalue weighted by Gasteiger charge is -2.24. The van der Waals surface area contributed by atoms with Gasteiger partial charge in [-0.3, -0.25) is 9.59 Å². The number of carbonyl (C=O) groups is 2. The molecule has 0 radical (unpaired) electrons. The fourth-order valence-electron chi connectivity index (χ4n) is 5.11. The maximum atomic E-state index is 13.8. The fraction of sp³-hybridized carbons (Fsp3) is 0.290. The largest absolute Gasteiger partial charge is 0.485 e. The molecule has 1 fully saturated rings. The molecule has 0 bridgehead atoms. The number of ether oxygens (including phenoxy) is 1. The number of aromatic nitrogens is 2. The van der Waals surface area contributed by atoms with Crippen LogP contribution in [0.2, 0.25) is 10.0 Å². The summed E-state index contributed by atoms with van der Waals surface area (Å²) in [4.78, 5) is 29.7. The molecular formula is C31H30Cl2N6O5S. The zero-order valence-electron chi connectivity index (χ0n) is 24.3. The van der Waals surface area contributed by atoms with Crippen LogP contribution < -0.4 is 15.4 Å². The summed E-state index contributed by atoms with van der Waals surface area (Å²) >= 11 is 13.1. The molecule has 1 aliphatic heterocycles. The Morgan fingerprint density at radius 1 is 1.11 bits per heavy atom. The topological polar surface area (TPSA) is 146 Å². The van der Waals surface area contributed by atoms with Gasteiger partial charge in [0.15, 0.2) is 11.4 Å². The van der Waals surface area contributed by atoms with Crippen molar-refractivity contribution in [3.05, 3.63) is 93.4 Å². The Hall–Kier alpha value is -4.15. The van der Waals surface area contributed by atoms with E-state index < -0.39 is 22.0 Å². The quantitative estimate of drug-likeness (QED) is 0.224. The highest BCUT2D eigenvalue weighted by molar-refractivity contribution is 7.89. The lowest BCUT2D eigenvalue weighted by molar-refractivity contribution is -0.124. The van der Waals surface area contributed by atoms with Crippen molar-refractivity contribution >= 4 is 50.7 Å². The van der Waals surface area contributed by atoms with E-state index in [1.165, 1.54) is 16.4 Å². The third-order valence-corrected chi connectivity index (χ3v) is 10.2. The monoisotopic (exact) mass is 668 g/mol. The van der Waals surface area contributed by atoms with E-state index in [9.17, 15) is 18.0 Å². The molecule has 1 saturated heterocycles. The first-order valence-electron chi connectivity index (χ1n) is 14.2. The average Bonchev–Trinajstić information content (AvgIpc) is 3.68. The molecule has 0 aliphatic carbocycles. The fourth-order valence-corrected chi connectivity index (χ4v) is 7.63.